The average molecular weight is 265 g/mol. The molecule has 3 rings (SSSR count). The van der Waals surface area contributed by atoms with Crippen molar-refractivity contribution in [2.24, 2.45) is 0 Å². The Bertz CT molecular complexity index is 792. The quantitative estimate of drug-likeness (QED) is 0.556. The molecule has 0 atom stereocenters. The van der Waals surface area contributed by atoms with E-state index in [1.807, 2.05) is 30.3 Å². The zero-order valence-corrected chi connectivity index (χ0v) is 10.4. The predicted octanol–water partition coefficient (Wildman–Crippen LogP) is 1.83. The fourth-order valence-electron chi connectivity index (χ4n) is 1.88. The van der Waals surface area contributed by atoms with E-state index in [0.717, 1.165) is 5.56 Å². The van der Waals surface area contributed by atoms with Crippen molar-refractivity contribution in [1.29, 1.82) is 0 Å². The fraction of sp³-hybridized carbons (Fsp3) is 0. The van der Waals surface area contributed by atoms with E-state index in [1.165, 1.54) is 12.4 Å². The van der Waals surface area contributed by atoms with Crippen LogP contribution < -0.4 is 5.73 Å². The van der Waals surface area contributed by atoms with Crippen LogP contribution in [0.15, 0.2) is 42.7 Å². The summed E-state index contributed by atoms with van der Waals surface area (Å²) in [6.45, 7) is 0. The number of nitrogens with one attached hydrogen (secondary N) is 1. The summed E-state index contributed by atoms with van der Waals surface area (Å²) < 4.78 is 0. The number of nitrogens with zero attached hydrogens (tertiary/aromatic N) is 3. The SMILES string of the molecule is Nc1[nH]nc2ncnc(C(=O)C=Cc3ccccc3)c12. The summed E-state index contributed by atoms with van der Waals surface area (Å²) in [5, 5.41) is 6.95. The number of aromatic nitrogens is 4. The molecule has 0 aliphatic heterocycles. The highest BCUT2D eigenvalue weighted by Gasteiger charge is 2.14. The molecule has 20 heavy (non-hydrogen) atoms. The first-order valence-electron chi connectivity index (χ1n) is 5.97. The third kappa shape index (κ3) is 2.14. The van der Waals surface area contributed by atoms with E-state index in [-0.39, 0.29) is 17.3 Å². The highest BCUT2D eigenvalue weighted by atomic mass is 16.1. The molecule has 6 nitrogen and oxygen atoms in total. The number of ketones is 1. The van der Waals surface area contributed by atoms with Gasteiger partial charge < -0.3 is 5.73 Å². The van der Waals surface area contributed by atoms with Gasteiger partial charge in [-0.05, 0) is 11.6 Å². The molecule has 0 saturated heterocycles. The van der Waals surface area contributed by atoms with Crippen molar-refractivity contribution < 1.29 is 4.79 Å². The van der Waals surface area contributed by atoms with Crippen LogP contribution in [0.1, 0.15) is 16.1 Å². The number of anilines is 1. The molecule has 3 N–H and O–H groups in total. The molecule has 0 amide bonds. The summed E-state index contributed by atoms with van der Waals surface area (Å²) in [4.78, 5) is 20.2. The Labute approximate surface area is 114 Å². The molecule has 2 heterocycles. The number of hydrogen-bond donors (Lipinski definition) is 2. The van der Waals surface area contributed by atoms with Crippen molar-refractivity contribution >= 4 is 28.7 Å². The molecule has 98 valence electrons. The van der Waals surface area contributed by atoms with Gasteiger partial charge in [0.05, 0.1) is 5.39 Å². The maximum Gasteiger partial charge on any atom is 0.205 e. The summed E-state index contributed by atoms with van der Waals surface area (Å²) in [6, 6.07) is 9.54. The van der Waals surface area contributed by atoms with Crippen LogP contribution in [0, 0.1) is 0 Å². The lowest BCUT2D eigenvalue weighted by Gasteiger charge is -1.97. The monoisotopic (exact) mass is 265 g/mol. The molecule has 0 radical (unpaired) electrons. The number of nitrogens with two attached hydrogens (primary N) is 1. The second-order valence-corrected chi connectivity index (χ2v) is 4.17. The lowest BCUT2D eigenvalue weighted by Crippen LogP contribution is -2.01. The Balaban J connectivity index is 1.97. The van der Waals surface area contributed by atoms with Crippen molar-refractivity contribution in [3.05, 3.63) is 54.0 Å². The minimum atomic E-state index is -0.241. The number of hydrogen-bond acceptors (Lipinski definition) is 5. The van der Waals surface area contributed by atoms with E-state index >= 15 is 0 Å². The summed E-state index contributed by atoms with van der Waals surface area (Å²) in [5.41, 5.74) is 7.31. The number of aromatic amines is 1. The van der Waals surface area contributed by atoms with Crippen LogP contribution in [-0.2, 0) is 0 Å². The molecule has 0 saturated carbocycles. The second-order valence-electron chi connectivity index (χ2n) is 4.17. The van der Waals surface area contributed by atoms with Crippen LogP contribution in [-0.4, -0.2) is 25.9 Å². The third-order valence-corrected chi connectivity index (χ3v) is 2.84. The van der Waals surface area contributed by atoms with Gasteiger partial charge in [0, 0.05) is 0 Å². The number of H-pyrrole nitrogens is 1. The van der Waals surface area contributed by atoms with Crippen molar-refractivity contribution in [3.8, 4) is 0 Å². The highest BCUT2D eigenvalue weighted by Crippen LogP contribution is 2.19. The van der Waals surface area contributed by atoms with Crippen molar-refractivity contribution in [2.45, 2.75) is 0 Å². The zero-order chi connectivity index (χ0) is 13.9. The summed E-state index contributed by atoms with van der Waals surface area (Å²) in [6.07, 6.45) is 4.49. The number of nitrogen functional groups attached to an aromatic ring is 1. The number of rotatable bonds is 3. The molecule has 0 aliphatic rings. The van der Waals surface area contributed by atoms with Gasteiger partial charge in [0.25, 0.3) is 0 Å². The maximum atomic E-state index is 12.2. The van der Waals surface area contributed by atoms with Crippen LogP contribution in [0.2, 0.25) is 0 Å². The topological polar surface area (TPSA) is 97.6 Å². The van der Waals surface area contributed by atoms with Crippen molar-refractivity contribution in [3.63, 3.8) is 0 Å². The first-order valence-corrected chi connectivity index (χ1v) is 5.97. The average Bonchev–Trinajstić information content (AvgIpc) is 2.87. The lowest BCUT2D eigenvalue weighted by atomic mass is 10.1. The van der Waals surface area contributed by atoms with Gasteiger partial charge in [-0.25, -0.2) is 9.97 Å². The van der Waals surface area contributed by atoms with Crippen LogP contribution in [0.5, 0.6) is 0 Å². The molecule has 0 unspecified atom stereocenters. The van der Waals surface area contributed by atoms with Crippen molar-refractivity contribution in [1.82, 2.24) is 20.2 Å². The largest absolute Gasteiger partial charge is 0.383 e. The first kappa shape index (κ1) is 12.0. The third-order valence-electron chi connectivity index (χ3n) is 2.84. The van der Waals surface area contributed by atoms with E-state index in [9.17, 15) is 4.79 Å². The van der Waals surface area contributed by atoms with Gasteiger partial charge in [-0.3, -0.25) is 9.89 Å². The van der Waals surface area contributed by atoms with E-state index < -0.39 is 0 Å². The van der Waals surface area contributed by atoms with Gasteiger partial charge in [0.15, 0.2) is 5.65 Å². The number of fused-ring (bicyclic) bond motifs is 1. The van der Waals surface area contributed by atoms with E-state index in [0.29, 0.717) is 11.0 Å². The molecule has 3 aromatic rings. The predicted molar refractivity (Wildman–Crippen MR) is 75.9 cm³/mol. The lowest BCUT2D eigenvalue weighted by molar-refractivity contribution is 0.104. The molecule has 0 spiro atoms. The minimum Gasteiger partial charge on any atom is -0.383 e. The molecule has 0 fully saturated rings. The summed E-state index contributed by atoms with van der Waals surface area (Å²) >= 11 is 0. The molecule has 0 bridgehead atoms. The van der Waals surface area contributed by atoms with Gasteiger partial charge in [0.2, 0.25) is 5.78 Å². The Hall–Kier alpha value is -3.02. The van der Waals surface area contributed by atoms with E-state index in [1.54, 1.807) is 6.08 Å². The number of allylic oxidation sites excluding steroid dienone is 1. The minimum absolute atomic E-state index is 0.241. The first-order chi connectivity index (χ1) is 9.75. The Morgan fingerprint density at radius 1 is 1.20 bits per heavy atom. The number of benzene rings is 1. The van der Waals surface area contributed by atoms with Gasteiger partial charge in [-0.1, -0.05) is 36.4 Å². The summed E-state index contributed by atoms with van der Waals surface area (Å²) in [7, 11) is 0. The Kier molecular flexibility index (Phi) is 2.96. The smallest absolute Gasteiger partial charge is 0.205 e. The normalized spacial score (nSPS) is 11.2. The van der Waals surface area contributed by atoms with Crippen LogP contribution >= 0.6 is 0 Å². The van der Waals surface area contributed by atoms with Gasteiger partial charge in [0.1, 0.15) is 17.8 Å². The highest BCUT2D eigenvalue weighted by molar-refractivity contribution is 6.14. The van der Waals surface area contributed by atoms with Crippen LogP contribution in [0.25, 0.3) is 17.1 Å². The Morgan fingerprint density at radius 3 is 2.80 bits per heavy atom. The van der Waals surface area contributed by atoms with Crippen molar-refractivity contribution in [2.75, 3.05) is 5.73 Å². The van der Waals surface area contributed by atoms with Crippen LogP contribution in [0.3, 0.4) is 0 Å². The standard InChI is InChI=1S/C14H11N5O/c15-13-11-12(16-8-17-14(11)19-18-13)10(20)7-6-9-4-2-1-3-5-9/h1-8H,(H3,15,16,17,18,19). The fourth-order valence-corrected chi connectivity index (χ4v) is 1.88. The maximum absolute atomic E-state index is 12.2. The Morgan fingerprint density at radius 2 is 2.00 bits per heavy atom. The second kappa shape index (κ2) is 4.93. The zero-order valence-electron chi connectivity index (χ0n) is 10.4. The molecule has 2 aromatic heterocycles. The molecule has 6 heteroatoms. The molecular formula is C14H11N5O. The van der Waals surface area contributed by atoms with E-state index in [2.05, 4.69) is 20.2 Å². The number of carbonyl (C=O) groups is 1. The van der Waals surface area contributed by atoms with Gasteiger partial charge in [-0.15, -0.1) is 0 Å². The number of carbonyl (C=O) groups excluding carboxylic acids is 1. The van der Waals surface area contributed by atoms with Crippen LogP contribution in [0.4, 0.5) is 5.82 Å². The summed E-state index contributed by atoms with van der Waals surface area (Å²) in [5.74, 6) is 0.0476. The molecule has 0 aliphatic carbocycles. The van der Waals surface area contributed by atoms with Gasteiger partial charge in [-0.2, -0.15) is 5.10 Å². The van der Waals surface area contributed by atoms with Gasteiger partial charge >= 0.3 is 0 Å². The molecule has 1 aromatic carbocycles. The molecular weight excluding hydrogens is 254 g/mol. The van der Waals surface area contributed by atoms with E-state index in [4.69, 9.17) is 5.73 Å².